The van der Waals surface area contributed by atoms with Crippen LogP contribution in [0.1, 0.15) is 52.4 Å². The maximum atomic E-state index is 12.6. The Labute approximate surface area is 163 Å². The molecule has 1 amide bonds. The molecule has 0 spiro atoms. The Morgan fingerprint density at radius 1 is 1.00 bits per heavy atom. The first kappa shape index (κ1) is 20.5. The van der Waals surface area contributed by atoms with Crippen LogP contribution in [-0.4, -0.2) is 30.4 Å². The van der Waals surface area contributed by atoms with Gasteiger partial charge in [-0.05, 0) is 57.0 Å². The average molecular weight is 373 g/mol. The number of hydrogen-bond donors (Lipinski definition) is 1. The zero-order chi connectivity index (χ0) is 17.6. The molecule has 4 heteroatoms. The highest BCUT2D eigenvalue weighted by Crippen LogP contribution is 2.24. The molecule has 1 N–H and O–H groups in total. The number of piperidine rings is 1. The largest absolute Gasteiger partial charge is 0.350 e. The fourth-order valence-electron chi connectivity index (χ4n) is 3.59. The fourth-order valence-corrected chi connectivity index (χ4v) is 3.59. The van der Waals surface area contributed by atoms with Gasteiger partial charge in [0, 0.05) is 12.1 Å². The number of likely N-dealkylation sites (tertiary alicyclic amines) is 1. The number of halogens is 1. The molecular formula is C22H29ClN2O. The van der Waals surface area contributed by atoms with Crippen molar-refractivity contribution >= 4 is 18.3 Å². The van der Waals surface area contributed by atoms with Crippen LogP contribution in [-0.2, 0) is 0 Å². The van der Waals surface area contributed by atoms with E-state index in [1.54, 1.807) is 0 Å². The van der Waals surface area contributed by atoms with E-state index in [4.69, 9.17) is 0 Å². The van der Waals surface area contributed by atoms with Crippen LogP contribution in [0.3, 0.4) is 0 Å². The van der Waals surface area contributed by atoms with Crippen molar-refractivity contribution in [1.82, 2.24) is 10.2 Å². The molecule has 1 aliphatic heterocycles. The van der Waals surface area contributed by atoms with Crippen molar-refractivity contribution < 1.29 is 4.79 Å². The van der Waals surface area contributed by atoms with Crippen molar-refractivity contribution in [1.29, 1.82) is 0 Å². The minimum Gasteiger partial charge on any atom is -0.350 e. The van der Waals surface area contributed by atoms with Gasteiger partial charge in [0.2, 0.25) is 0 Å². The number of aryl methyl sites for hydroxylation is 2. The van der Waals surface area contributed by atoms with Crippen molar-refractivity contribution in [3.8, 4) is 0 Å². The van der Waals surface area contributed by atoms with Crippen molar-refractivity contribution in [2.75, 3.05) is 19.6 Å². The molecule has 1 aliphatic rings. The van der Waals surface area contributed by atoms with Crippen molar-refractivity contribution in [3.05, 3.63) is 70.8 Å². The average Bonchev–Trinajstić information content (AvgIpc) is 2.64. The van der Waals surface area contributed by atoms with Crippen LogP contribution >= 0.6 is 12.4 Å². The summed E-state index contributed by atoms with van der Waals surface area (Å²) >= 11 is 0. The van der Waals surface area contributed by atoms with Crippen LogP contribution in [0.15, 0.2) is 48.5 Å². The SMILES string of the molecule is Cc1ccc(C(CNC(=O)c2ccccc2C)N2CCCCC2)cc1.Cl. The van der Waals surface area contributed by atoms with Crippen LogP contribution in [0, 0.1) is 13.8 Å². The molecule has 3 nitrogen and oxygen atoms in total. The number of amides is 1. The van der Waals surface area contributed by atoms with Gasteiger partial charge in [0.15, 0.2) is 0 Å². The van der Waals surface area contributed by atoms with Gasteiger partial charge in [0.25, 0.3) is 5.91 Å². The maximum absolute atomic E-state index is 12.6. The third-order valence-electron chi connectivity index (χ3n) is 5.14. The van der Waals surface area contributed by atoms with Crippen molar-refractivity contribution in [3.63, 3.8) is 0 Å². The molecule has 2 aromatic rings. The lowest BCUT2D eigenvalue weighted by Crippen LogP contribution is -2.40. The van der Waals surface area contributed by atoms with Crippen molar-refractivity contribution in [2.45, 2.75) is 39.2 Å². The smallest absolute Gasteiger partial charge is 0.251 e. The maximum Gasteiger partial charge on any atom is 0.251 e. The van der Waals surface area contributed by atoms with Crippen LogP contribution in [0.5, 0.6) is 0 Å². The monoisotopic (exact) mass is 372 g/mol. The summed E-state index contributed by atoms with van der Waals surface area (Å²) < 4.78 is 0. The second kappa shape index (κ2) is 9.75. The van der Waals surface area contributed by atoms with Gasteiger partial charge in [-0.1, -0.05) is 54.4 Å². The Morgan fingerprint density at radius 3 is 2.31 bits per heavy atom. The van der Waals surface area contributed by atoms with Crippen LogP contribution in [0.2, 0.25) is 0 Å². The predicted molar refractivity (Wildman–Crippen MR) is 110 cm³/mol. The summed E-state index contributed by atoms with van der Waals surface area (Å²) in [6, 6.07) is 16.7. The number of carbonyl (C=O) groups is 1. The van der Waals surface area contributed by atoms with Gasteiger partial charge in [-0.25, -0.2) is 0 Å². The van der Waals surface area contributed by atoms with E-state index < -0.39 is 0 Å². The van der Waals surface area contributed by atoms with E-state index in [1.165, 1.54) is 30.4 Å². The van der Waals surface area contributed by atoms with Crippen LogP contribution in [0.4, 0.5) is 0 Å². The molecule has 3 rings (SSSR count). The van der Waals surface area contributed by atoms with Gasteiger partial charge in [0.05, 0.1) is 6.04 Å². The first-order valence-electron chi connectivity index (χ1n) is 9.29. The third-order valence-corrected chi connectivity index (χ3v) is 5.14. The molecule has 26 heavy (non-hydrogen) atoms. The Hall–Kier alpha value is -1.84. The predicted octanol–water partition coefficient (Wildman–Crippen LogP) is 4.68. The summed E-state index contributed by atoms with van der Waals surface area (Å²) in [6.07, 6.45) is 3.80. The molecule has 1 unspecified atom stereocenters. The summed E-state index contributed by atoms with van der Waals surface area (Å²) in [5, 5.41) is 3.17. The first-order valence-corrected chi connectivity index (χ1v) is 9.29. The van der Waals surface area contributed by atoms with Crippen molar-refractivity contribution in [2.24, 2.45) is 0 Å². The van der Waals surface area contributed by atoms with Gasteiger partial charge in [-0.3, -0.25) is 9.69 Å². The van der Waals surface area contributed by atoms with Crippen LogP contribution < -0.4 is 5.32 Å². The zero-order valence-electron chi connectivity index (χ0n) is 15.7. The number of hydrogen-bond acceptors (Lipinski definition) is 2. The number of nitrogens with one attached hydrogen (secondary N) is 1. The molecule has 0 radical (unpaired) electrons. The first-order chi connectivity index (χ1) is 12.1. The van der Waals surface area contributed by atoms with E-state index in [9.17, 15) is 4.79 Å². The molecule has 0 aliphatic carbocycles. The second-order valence-electron chi connectivity index (χ2n) is 7.05. The Balaban J connectivity index is 0.00000243. The number of carbonyl (C=O) groups excluding carboxylic acids is 1. The molecule has 1 atom stereocenters. The van der Waals surface area contributed by atoms with Gasteiger partial charge >= 0.3 is 0 Å². The van der Waals surface area contributed by atoms with Gasteiger partial charge in [0.1, 0.15) is 0 Å². The second-order valence-corrected chi connectivity index (χ2v) is 7.05. The number of rotatable bonds is 5. The molecule has 0 saturated carbocycles. The standard InChI is InChI=1S/C22H28N2O.ClH/c1-17-10-12-19(13-11-17)21(24-14-6-3-7-15-24)16-23-22(25)20-9-5-4-8-18(20)2;/h4-5,8-13,21H,3,6-7,14-16H2,1-2H3,(H,23,25);1H. The summed E-state index contributed by atoms with van der Waals surface area (Å²) in [4.78, 5) is 15.1. The zero-order valence-corrected chi connectivity index (χ0v) is 16.5. The fraction of sp³-hybridized carbons (Fsp3) is 0.409. The van der Waals surface area contributed by atoms with E-state index >= 15 is 0 Å². The molecule has 140 valence electrons. The van der Waals surface area contributed by atoms with Gasteiger partial charge < -0.3 is 5.32 Å². The highest BCUT2D eigenvalue weighted by Gasteiger charge is 2.23. The highest BCUT2D eigenvalue weighted by molar-refractivity contribution is 5.95. The van der Waals surface area contributed by atoms with E-state index in [0.29, 0.717) is 6.54 Å². The normalized spacial score (nSPS) is 15.8. The van der Waals surface area contributed by atoms with E-state index in [1.807, 2.05) is 31.2 Å². The quantitative estimate of drug-likeness (QED) is 0.826. The summed E-state index contributed by atoms with van der Waals surface area (Å²) in [5.74, 6) is 0.0206. The lowest BCUT2D eigenvalue weighted by atomic mass is 10.00. The molecule has 1 saturated heterocycles. The molecular weight excluding hydrogens is 344 g/mol. The van der Waals surface area contributed by atoms with E-state index in [-0.39, 0.29) is 24.4 Å². The number of benzene rings is 2. The lowest BCUT2D eigenvalue weighted by molar-refractivity contribution is 0.0924. The topological polar surface area (TPSA) is 32.3 Å². The Morgan fingerprint density at radius 2 is 1.65 bits per heavy atom. The minimum absolute atomic E-state index is 0. The van der Waals surface area contributed by atoms with E-state index in [2.05, 4.69) is 41.4 Å². The third kappa shape index (κ3) is 5.09. The van der Waals surface area contributed by atoms with E-state index in [0.717, 1.165) is 24.2 Å². The highest BCUT2D eigenvalue weighted by atomic mass is 35.5. The van der Waals surface area contributed by atoms with Gasteiger partial charge in [-0.2, -0.15) is 0 Å². The van der Waals surface area contributed by atoms with Crippen LogP contribution in [0.25, 0.3) is 0 Å². The molecule has 0 bridgehead atoms. The summed E-state index contributed by atoms with van der Waals surface area (Å²) in [6.45, 7) is 6.96. The summed E-state index contributed by atoms with van der Waals surface area (Å²) in [5.41, 5.74) is 4.34. The molecule has 0 aromatic heterocycles. The van der Waals surface area contributed by atoms with Gasteiger partial charge in [-0.15, -0.1) is 12.4 Å². The number of nitrogens with zero attached hydrogens (tertiary/aromatic N) is 1. The molecule has 1 fully saturated rings. The molecule has 2 aromatic carbocycles. The minimum atomic E-state index is 0. The summed E-state index contributed by atoms with van der Waals surface area (Å²) in [7, 11) is 0. The lowest BCUT2D eigenvalue weighted by Gasteiger charge is -2.35. The Bertz CT molecular complexity index is 708. The molecule has 1 heterocycles. The Kier molecular flexibility index (Phi) is 7.67.